The molecule has 1 aromatic heterocycles. The van der Waals surface area contributed by atoms with Gasteiger partial charge in [0.25, 0.3) is 0 Å². The van der Waals surface area contributed by atoms with E-state index in [1.807, 2.05) is 0 Å². The molecule has 7 heteroatoms. The Balaban J connectivity index is 2.16. The molecule has 0 aliphatic heterocycles. The number of rotatable bonds is 4. The first-order valence-corrected chi connectivity index (χ1v) is 9.11. The number of halogens is 1. The van der Waals surface area contributed by atoms with Crippen molar-refractivity contribution in [3.8, 4) is 0 Å². The summed E-state index contributed by atoms with van der Waals surface area (Å²) in [4.78, 5) is 0.128. The molecule has 20 heavy (non-hydrogen) atoms. The van der Waals surface area contributed by atoms with Crippen LogP contribution in [-0.4, -0.2) is 14.5 Å². The molecule has 3 N–H and O–H groups in total. The van der Waals surface area contributed by atoms with E-state index in [1.165, 1.54) is 6.07 Å². The van der Waals surface area contributed by atoms with Crippen molar-refractivity contribution < 1.29 is 12.8 Å². The lowest BCUT2D eigenvalue weighted by Crippen LogP contribution is -2.42. The van der Waals surface area contributed by atoms with Gasteiger partial charge in [0.05, 0.1) is 6.54 Å². The topological polar surface area (TPSA) is 85.3 Å². The third kappa shape index (κ3) is 3.44. The largest absolute Gasteiger partial charge is 0.452 e. The van der Waals surface area contributed by atoms with E-state index in [0.717, 1.165) is 19.3 Å². The maximum atomic E-state index is 12.4. The Hall–Kier alpha value is -0.370. The fourth-order valence-corrected chi connectivity index (χ4v) is 5.16. The van der Waals surface area contributed by atoms with Crippen LogP contribution in [0.3, 0.4) is 0 Å². The maximum absolute atomic E-state index is 12.4. The zero-order valence-electron chi connectivity index (χ0n) is 11.7. The average molecular weight is 365 g/mol. The van der Waals surface area contributed by atoms with Gasteiger partial charge in [-0.25, -0.2) is 13.1 Å². The SMILES string of the molecule is CC1CCC(NS(=O)(=O)c2cc(CN)oc2Br)C(C)C1. The summed E-state index contributed by atoms with van der Waals surface area (Å²) in [6.45, 7) is 4.48. The number of nitrogens with two attached hydrogens (primary N) is 1. The highest BCUT2D eigenvalue weighted by molar-refractivity contribution is 9.10. The summed E-state index contributed by atoms with van der Waals surface area (Å²) in [5, 5.41) is 0. The van der Waals surface area contributed by atoms with Gasteiger partial charge in [0.1, 0.15) is 10.7 Å². The van der Waals surface area contributed by atoms with Gasteiger partial charge >= 0.3 is 0 Å². The standard InChI is InChI=1S/C13H21BrN2O3S/c1-8-3-4-11(9(2)5-8)16-20(17,18)12-6-10(7-15)19-13(12)14/h6,8-9,11,16H,3-5,7,15H2,1-2H3. The van der Waals surface area contributed by atoms with Crippen molar-refractivity contribution >= 4 is 26.0 Å². The fourth-order valence-electron chi connectivity index (χ4n) is 2.78. The molecule has 1 aromatic rings. The molecule has 2 rings (SSSR count). The molecule has 1 fully saturated rings. The lowest BCUT2D eigenvalue weighted by atomic mass is 9.80. The highest BCUT2D eigenvalue weighted by Crippen LogP contribution is 2.31. The van der Waals surface area contributed by atoms with Gasteiger partial charge in [0.2, 0.25) is 10.0 Å². The summed E-state index contributed by atoms with van der Waals surface area (Å²) in [6, 6.07) is 1.46. The van der Waals surface area contributed by atoms with Gasteiger partial charge in [-0.3, -0.25) is 0 Å². The van der Waals surface area contributed by atoms with Crippen molar-refractivity contribution in [1.29, 1.82) is 0 Å². The molecule has 1 saturated carbocycles. The molecule has 0 bridgehead atoms. The van der Waals surface area contributed by atoms with Crippen molar-refractivity contribution in [2.45, 2.75) is 50.6 Å². The second kappa shape index (κ2) is 6.17. The highest BCUT2D eigenvalue weighted by atomic mass is 79.9. The van der Waals surface area contributed by atoms with E-state index in [9.17, 15) is 8.42 Å². The zero-order chi connectivity index (χ0) is 14.9. The first-order valence-electron chi connectivity index (χ1n) is 6.84. The molecule has 3 atom stereocenters. The van der Waals surface area contributed by atoms with Gasteiger partial charge in [-0.1, -0.05) is 13.8 Å². The summed E-state index contributed by atoms with van der Waals surface area (Å²) >= 11 is 3.14. The normalized spacial score (nSPS) is 27.7. The first-order chi connectivity index (χ1) is 9.33. The molecular formula is C13H21BrN2O3S. The Morgan fingerprint density at radius 3 is 2.70 bits per heavy atom. The Morgan fingerprint density at radius 2 is 2.15 bits per heavy atom. The molecule has 1 aliphatic rings. The number of hydrogen-bond acceptors (Lipinski definition) is 4. The molecule has 0 radical (unpaired) electrons. The van der Waals surface area contributed by atoms with Gasteiger partial charge in [0, 0.05) is 12.1 Å². The van der Waals surface area contributed by atoms with Crippen LogP contribution in [-0.2, 0) is 16.6 Å². The van der Waals surface area contributed by atoms with Gasteiger partial charge < -0.3 is 10.2 Å². The number of furan rings is 1. The van der Waals surface area contributed by atoms with Crippen molar-refractivity contribution in [2.24, 2.45) is 17.6 Å². The average Bonchev–Trinajstić information content (AvgIpc) is 2.75. The monoisotopic (exact) mass is 364 g/mol. The van der Waals surface area contributed by atoms with Crippen LogP contribution in [0, 0.1) is 11.8 Å². The minimum absolute atomic E-state index is 0.0145. The summed E-state index contributed by atoms with van der Waals surface area (Å²) in [6.07, 6.45) is 2.98. The van der Waals surface area contributed by atoms with Gasteiger partial charge in [-0.15, -0.1) is 0 Å². The van der Waals surface area contributed by atoms with Gasteiger partial charge in [-0.05, 0) is 47.0 Å². The molecule has 0 spiro atoms. The predicted molar refractivity (Wildman–Crippen MR) is 80.6 cm³/mol. The lowest BCUT2D eigenvalue weighted by molar-refractivity contribution is 0.249. The maximum Gasteiger partial charge on any atom is 0.245 e. The van der Waals surface area contributed by atoms with Crippen LogP contribution < -0.4 is 10.5 Å². The Bertz CT molecular complexity index is 570. The second-order valence-electron chi connectivity index (χ2n) is 5.68. The van der Waals surface area contributed by atoms with Crippen LogP contribution in [0.1, 0.15) is 38.9 Å². The van der Waals surface area contributed by atoms with E-state index in [-0.39, 0.29) is 22.2 Å². The second-order valence-corrected chi connectivity index (χ2v) is 8.08. The molecule has 0 saturated heterocycles. The van der Waals surface area contributed by atoms with Gasteiger partial charge in [0.15, 0.2) is 4.67 Å². The molecule has 1 aliphatic carbocycles. The van der Waals surface area contributed by atoms with Crippen molar-refractivity contribution in [1.82, 2.24) is 4.72 Å². The lowest BCUT2D eigenvalue weighted by Gasteiger charge is -2.32. The smallest absolute Gasteiger partial charge is 0.245 e. The fraction of sp³-hybridized carbons (Fsp3) is 0.692. The molecule has 0 amide bonds. The van der Waals surface area contributed by atoms with Crippen LogP contribution >= 0.6 is 15.9 Å². The van der Waals surface area contributed by atoms with E-state index in [0.29, 0.717) is 17.6 Å². The minimum Gasteiger partial charge on any atom is -0.452 e. The van der Waals surface area contributed by atoms with Crippen molar-refractivity contribution in [3.63, 3.8) is 0 Å². The molecule has 0 aromatic carbocycles. The van der Waals surface area contributed by atoms with E-state index in [2.05, 4.69) is 34.5 Å². The third-order valence-corrected chi connectivity index (χ3v) is 6.28. The first kappa shape index (κ1) is 16.0. The van der Waals surface area contributed by atoms with Crippen LogP contribution in [0.5, 0.6) is 0 Å². The highest BCUT2D eigenvalue weighted by Gasteiger charge is 2.31. The number of hydrogen-bond donors (Lipinski definition) is 2. The summed E-state index contributed by atoms with van der Waals surface area (Å²) in [5.74, 6) is 1.45. The summed E-state index contributed by atoms with van der Waals surface area (Å²) in [7, 11) is -3.58. The van der Waals surface area contributed by atoms with Crippen LogP contribution in [0.4, 0.5) is 0 Å². The van der Waals surface area contributed by atoms with Crippen LogP contribution in [0.25, 0.3) is 0 Å². The summed E-state index contributed by atoms with van der Waals surface area (Å²) < 4.78 is 33.1. The Kier molecular flexibility index (Phi) is 4.94. The summed E-state index contributed by atoms with van der Waals surface area (Å²) in [5.41, 5.74) is 5.47. The Morgan fingerprint density at radius 1 is 1.45 bits per heavy atom. The van der Waals surface area contributed by atoms with Crippen LogP contribution in [0.15, 0.2) is 20.0 Å². The van der Waals surface area contributed by atoms with Gasteiger partial charge in [-0.2, -0.15) is 0 Å². The number of nitrogens with one attached hydrogen (secondary N) is 1. The van der Waals surface area contributed by atoms with E-state index in [4.69, 9.17) is 10.2 Å². The van der Waals surface area contributed by atoms with E-state index in [1.54, 1.807) is 0 Å². The molecule has 5 nitrogen and oxygen atoms in total. The zero-order valence-corrected chi connectivity index (χ0v) is 14.1. The molecule has 1 heterocycles. The van der Waals surface area contributed by atoms with E-state index < -0.39 is 10.0 Å². The predicted octanol–water partition coefficient (Wildman–Crippen LogP) is 2.60. The van der Waals surface area contributed by atoms with Crippen molar-refractivity contribution in [3.05, 3.63) is 16.5 Å². The minimum atomic E-state index is -3.58. The quantitative estimate of drug-likeness (QED) is 0.859. The molecule has 3 unspecified atom stereocenters. The third-order valence-electron chi connectivity index (χ3n) is 3.94. The van der Waals surface area contributed by atoms with Crippen LogP contribution in [0.2, 0.25) is 0 Å². The molecule has 114 valence electrons. The van der Waals surface area contributed by atoms with Crippen molar-refractivity contribution in [2.75, 3.05) is 0 Å². The Labute approximate surface area is 128 Å². The van der Waals surface area contributed by atoms with E-state index >= 15 is 0 Å². The molecular weight excluding hydrogens is 344 g/mol. The number of sulfonamides is 1.